The van der Waals surface area contributed by atoms with Gasteiger partial charge in [-0.3, -0.25) is 9.59 Å². The molecule has 0 unspecified atom stereocenters. The Morgan fingerprint density at radius 3 is 2.41 bits per heavy atom. The van der Waals surface area contributed by atoms with E-state index in [2.05, 4.69) is 5.32 Å². The van der Waals surface area contributed by atoms with Crippen LogP contribution in [0, 0.1) is 11.8 Å². The molecule has 0 saturated heterocycles. The number of ether oxygens (including phenoxy) is 2. The summed E-state index contributed by atoms with van der Waals surface area (Å²) < 4.78 is 10.4. The molecule has 1 aromatic carbocycles. The van der Waals surface area contributed by atoms with Gasteiger partial charge in [0.15, 0.2) is 0 Å². The maximum Gasteiger partial charge on any atom is 0.307 e. The highest BCUT2D eigenvalue weighted by molar-refractivity contribution is 5.96. The highest BCUT2D eigenvalue weighted by Gasteiger charge is 2.35. The Balaban J connectivity index is 2.15. The fourth-order valence-electron chi connectivity index (χ4n) is 2.87. The molecular weight excluding hydrogens is 286 g/mol. The standard InChI is InChI=1S/C16H21NO5/c1-21-10-7-8-13(14(9-10)22-2)17-15(18)11-5-3-4-6-12(11)16(19)20/h7-9,11-12H,3-6H2,1-2H3,(H,17,18)(H,19,20)/t11-,12+/m0/s1. The zero-order valence-electron chi connectivity index (χ0n) is 12.8. The minimum absolute atomic E-state index is 0.268. The number of hydrogen-bond donors (Lipinski definition) is 2. The van der Waals surface area contributed by atoms with Crippen molar-refractivity contribution in [2.45, 2.75) is 25.7 Å². The minimum atomic E-state index is -0.901. The monoisotopic (exact) mass is 307 g/mol. The molecule has 1 saturated carbocycles. The van der Waals surface area contributed by atoms with E-state index in [0.717, 1.165) is 12.8 Å². The van der Waals surface area contributed by atoms with Crippen LogP contribution in [0.4, 0.5) is 5.69 Å². The van der Waals surface area contributed by atoms with Crippen molar-refractivity contribution in [2.24, 2.45) is 11.8 Å². The van der Waals surface area contributed by atoms with E-state index in [0.29, 0.717) is 30.0 Å². The molecule has 2 N–H and O–H groups in total. The van der Waals surface area contributed by atoms with Gasteiger partial charge in [-0.1, -0.05) is 12.8 Å². The fraction of sp³-hybridized carbons (Fsp3) is 0.500. The summed E-state index contributed by atoms with van der Waals surface area (Å²) in [7, 11) is 3.05. The van der Waals surface area contributed by atoms with Crippen molar-refractivity contribution in [1.82, 2.24) is 0 Å². The van der Waals surface area contributed by atoms with Gasteiger partial charge in [0.05, 0.1) is 31.7 Å². The first kappa shape index (κ1) is 16.1. The molecule has 6 heteroatoms. The van der Waals surface area contributed by atoms with Crippen LogP contribution in [-0.2, 0) is 9.59 Å². The number of aliphatic carboxylic acids is 1. The van der Waals surface area contributed by atoms with Crippen molar-refractivity contribution in [2.75, 3.05) is 19.5 Å². The lowest BCUT2D eigenvalue weighted by atomic mass is 9.78. The molecule has 1 fully saturated rings. The number of anilines is 1. The second-order valence-electron chi connectivity index (χ2n) is 5.39. The van der Waals surface area contributed by atoms with Crippen LogP contribution in [0.1, 0.15) is 25.7 Å². The first-order chi connectivity index (χ1) is 10.6. The predicted molar refractivity (Wildman–Crippen MR) is 81.3 cm³/mol. The third-order valence-corrected chi connectivity index (χ3v) is 4.09. The third kappa shape index (κ3) is 3.50. The third-order valence-electron chi connectivity index (χ3n) is 4.09. The van der Waals surface area contributed by atoms with Gasteiger partial charge < -0.3 is 19.9 Å². The Labute approximate surface area is 129 Å². The summed E-state index contributed by atoms with van der Waals surface area (Å²) in [6.45, 7) is 0. The summed E-state index contributed by atoms with van der Waals surface area (Å²) in [5.74, 6) is -1.18. The average Bonchev–Trinajstić information content (AvgIpc) is 2.55. The summed E-state index contributed by atoms with van der Waals surface area (Å²) in [5.41, 5.74) is 0.517. The molecule has 1 aromatic rings. The van der Waals surface area contributed by atoms with Crippen molar-refractivity contribution < 1.29 is 24.2 Å². The summed E-state index contributed by atoms with van der Waals surface area (Å²) in [5, 5.41) is 12.1. The molecule has 1 aliphatic carbocycles. The Hall–Kier alpha value is -2.24. The van der Waals surface area contributed by atoms with Crippen LogP contribution in [0.25, 0.3) is 0 Å². The van der Waals surface area contributed by atoms with Crippen LogP contribution in [-0.4, -0.2) is 31.2 Å². The van der Waals surface area contributed by atoms with E-state index in [1.54, 1.807) is 25.3 Å². The Morgan fingerprint density at radius 1 is 1.14 bits per heavy atom. The van der Waals surface area contributed by atoms with Crippen LogP contribution in [0.15, 0.2) is 18.2 Å². The summed E-state index contributed by atoms with van der Waals surface area (Å²) >= 11 is 0. The van der Waals surface area contributed by atoms with Crippen molar-refractivity contribution in [3.63, 3.8) is 0 Å². The number of carboxylic acid groups (broad SMARTS) is 1. The van der Waals surface area contributed by atoms with Crippen LogP contribution in [0.5, 0.6) is 11.5 Å². The molecule has 1 amide bonds. The van der Waals surface area contributed by atoms with Gasteiger partial charge in [0.2, 0.25) is 5.91 Å². The maximum atomic E-state index is 12.4. The molecule has 0 heterocycles. The highest BCUT2D eigenvalue weighted by atomic mass is 16.5. The van der Waals surface area contributed by atoms with E-state index in [9.17, 15) is 14.7 Å². The Bertz CT molecular complexity index is 557. The minimum Gasteiger partial charge on any atom is -0.497 e. The molecule has 2 atom stereocenters. The quantitative estimate of drug-likeness (QED) is 0.873. The van der Waals surface area contributed by atoms with Gasteiger partial charge in [-0.2, -0.15) is 0 Å². The smallest absolute Gasteiger partial charge is 0.307 e. The number of carbonyl (C=O) groups is 2. The SMILES string of the molecule is COc1ccc(NC(=O)[C@H]2CCCC[C@H]2C(=O)O)c(OC)c1. The molecule has 0 bridgehead atoms. The predicted octanol–water partition coefficient (Wildman–Crippen LogP) is 2.53. The van der Waals surface area contributed by atoms with E-state index in [4.69, 9.17) is 9.47 Å². The number of hydrogen-bond acceptors (Lipinski definition) is 4. The van der Waals surface area contributed by atoms with E-state index in [1.165, 1.54) is 7.11 Å². The Kier molecular flexibility index (Phi) is 5.25. The normalized spacial score (nSPS) is 21.0. The van der Waals surface area contributed by atoms with Crippen molar-refractivity contribution in [1.29, 1.82) is 0 Å². The van der Waals surface area contributed by atoms with Gasteiger partial charge in [-0.15, -0.1) is 0 Å². The summed E-state index contributed by atoms with van der Waals surface area (Å²) in [6, 6.07) is 5.08. The van der Waals surface area contributed by atoms with Crippen molar-refractivity contribution in [3.05, 3.63) is 18.2 Å². The van der Waals surface area contributed by atoms with E-state index in [-0.39, 0.29) is 5.91 Å². The lowest BCUT2D eigenvalue weighted by Crippen LogP contribution is -2.36. The zero-order chi connectivity index (χ0) is 16.1. The number of benzene rings is 1. The first-order valence-corrected chi connectivity index (χ1v) is 7.32. The number of carboxylic acids is 1. The molecule has 2 rings (SSSR count). The molecule has 0 radical (unpaired) electrons. The molecule has 120 valence electrons. The summed E-state index contributed by atoms with van der Waals surface area (Å²) in [4.78, 5) is 23.8. The van der Waals surface area contributed by atoms with Gasteiger partial charge in [0, 0.05) is 6.07 Å². The van der Waals surface area contributed by atoms with Gasteiger partial charge in [0.1, 0.15) is 11.5 Å². The number of nitrogens with one attached hydrogen (secondary N) is 1. The maximum absolute atomic E-state index is 12.4. The van der Waals surface area contributed by atoms with Crippen LogP contribution in [0.2, 0.25) is 0 Å². The number of carbonyl (C=O) groups excluding carboxylic acids is 1. The lowest BCUT2D eigenvalue weighted by molar-refractivity contribution is -0.147. The molecule has 0 aliphatic heterocycles. The summed E-state index contributed by atoms with van der Waals surface area (Å²) in [6.07, 6.45) is 2.88. The van der Waals surface area contributed by atoms with Crippen molar-refractivity contribution >= 4 is 17.6 Å². The molecule has 6 nitrogen and oxygen atoms in total. The second kappa shape index (κ2) is 7.15. The van der Waals surface area contributed by atoms with Gasteiger partial charge in [-0.25, -0.2) is 0 Å². The average molecular weight is 307 g/mol. The topological polar surface area (TPSA) is 84.9 Å². The van der Waals surface area contributed by atoms with Crippen molar-refractivity contribution in [3.8, 4) is 11.5 Å². The van der Waals surface area contributed by atoms with Gasteiger partial charge >= 0.3 is 5.97 Å². The molecular formula is C16H21NO5. The second-order valence-corrected chi connectivity index (χ2v) is 5.39. The Morgan fingerprint density at radius 2 is 1.82 bits per heavy atom. The van der Waals surface area contributed by atoms with Gasteiger partial charge in [0.25, 0.3) is 0 Å². The van der Waals surface area contributed by atoms with Crippen LogP contribution < -0.4 is 14.8 Å². The van der Waals surface area contributed by atoms with E-state index in [1.807, 2.05) is 0 Å². The number of methoxy groups -OCH3 is 2. The zero-order valence-corrected chi connectivity index (χ0v) is 12.8. The number of rotatable bonds is 5. The molecule has 1 aliphatic rings. The fourth-order valence-corrected chi connectivity index (χ4v) is 2.87. The molecule has 22 heavy (non-hydrogen) atoms. The number of amides is 1. The first-order valence-electron chi connectivity index (χ1n) is 7.32. The highest BCUT2D eigenvalue weighted by Crippen LogP contribution is 2.33. The largest absolute Gasteiger partial charge is 0.497 e. The van der Waals surface area contributed by atoms with E-state index < -0.39 is 17.8 Å². The van der Waals surface area contributed by atoms with Crippen LogP contribution >= 0.6 is 0 Å². The van der Waals surface area contributed by atoms with Gasteiger partial charge in [-0.05, 0) is 25.0 Å². The van der Waals surface area contributed by atoms with Crippen LogP contribution in [0.3, 0.4) is 0 Å². The molecule has 0 spiro atoms. The molecule has 0 aromatic heterocycles. The van der Waals surface area contributed by atoms with E-state index >= 15 is 0 Å². The lowest BCUT2D eigenvalue weighted by Gasteiger charge is -2.27.